The molecule has 1 saturated carbocycles. The van der Waals surface area contributed by atoms with E-state index < -0.39 is 5.82 Å². The van der Waals surface area contributed by atoms with E-state index in [9.17, 15) is 9.50 Å². The predicted molar refractivity (Wildman–Crippen MR) is 103 cm³/mol. The van der Waals surface area contributed by atoms with Crippen LogP contribution in [0, 0.1) is 5.82 Å². The van der Waals surface area contributed by atoms with Crippen LogP contribution >= 0.6 is 35.6 Å². The summed E-state index contributed by atoms with van der Waals surface area (Å²) in [6.45, 7) is 3.21. The molecule has 1 aliphatic rings. The van der Waals surface area contributed by atoms with Gasteiger partial charge in [0.1, 0.15) is 5.82 Å². The Kier molecular flexibility index (Phi) is 9.16. The second-order valence-corrected chi connectivity index (χ2v) is 6.00. The first-order valence-electron chi connectivity index (χ1n) is 7.75. The number of aliphatic imine (C=N–C) groups is 1. The molecule has 23 heavy (non-hydrogen) atoms. The molecule has 7 heteroatoms. The van der Waals surface area contributed by atoms with E-state index in [1.165, 1.54) is 6.07 Å². The Morgan fingerprint density at radius 2 is 2.04 bits per heavy atom. The third kappa shape index (κ3) is 6.81. The fraction of sp³-hybridized carbons (Fsp3) is 0.562. The van der Waals surface area contributed by atoms with Crippen molar-refractivity contribution in [2.75, 3.05) is 6.54 Å². The fourth-order valence-electron chi connectivity index (χ4n) is 2.54. The zero-order valence-corrected chi connectivity index (χ0v) is 16.3. The molecule has 130 valence electrons. The molecular weight excluding hydrogens is 432 g/mol. The summed E-state index contributed by atoms with van der Waals surface area (Å²) in [5.41, 5.74) is 0.864. The zero-order valence-electron chi connectivity index (χ0n) is 13.2. The van der Waals surface area contributed by atoms with Gasteiger partial charge in [0.05, 0.1) is 17.7 Å². The van der Waals surface area contributed by atoms with Crippen molar-refractivity contribution < 1.29 is 9.50 Å². The van der Waals surface area contributed by atoms with Gasteiger partial charge >= 0.3 is 0 Å². The van der Waals surface area contributed by atoms with Crippen molar-refractivity contribution in [2.45, 2.75) is 51.3 Å². The number of benzene rings is 1. The molecule has 0 unspecified atom stereocenters. The molecule has 3 N–H and O–H groups in total. The molecule has 0 bridgehead atoms. The van der Waals surface area contributed by atoms with E-state index in [0.717, 1.165) is 43.8 Å². The molecule has 1 aliphatic carbocycles. The number of aliphatic hydroxyl groups excluding tert-OH is 1. The number of rotatable bonds is 4. The second-order valence-electron chi connectivity index (χ2n) is 5.59. The highest BCUT2D eigenvalue weighted by Crippen LogP contribution is 2.18. The van der Waals surface area contributed by atoms with Gasteiger partial charge in [-0.25, -0.2) is 9.38 Å². The van der Waals surface area contributed by atoms with Crippen LogP contribution in [0.4, 0.5) is 4.39 Å². The maximum Gasteiger partial charge on any atom is 0.191 e. The van der Waals surface area contributed by atoms with E-state index in [1.54, 1.807) is 12.1 Å². The minimum absolute atomic E-state index is 0. The molecule has 1 aromatic rings. The van der Waals surface area contributed by atoms with Crippen molar-refractivity contribution in [3.8, 4) is 0 Å². The molecule has 1 fully saturated rings. The van der Waals surface area contributed by atoms with Crippen molar-refractivity contribution in [3.63, 3.8) is 0 Å². The van der Waals surface area contributed by atoms with E-state index in [1.807, 2.05) is 6.92 Å². The van der Waals surface area contributed by atoms with Crippen molar-refractivity contribution in [2.24, 2.45) is 4.99 Å². The second kappa shape index (κ2) is 10.3. The summed E-state index contributed by atoms with van der Waals surface area (Å²) in [7, 11) is 0. The lowest BCUT2D eigenvalue weighted by molar-refractivity contribution is 0.120. The molecule has 0 saturated heterocycles. The summed E-state index contributed by atoms with van der Waals surface area (Å²) in [5.74, 6) is 0.324. The van der Waals surface area contributed by atoms with Crippen LogP contribution in [0.5, 0.6) is 0 Å². The van der Waals surface area contributed by atoms with Crippen LogP contribution in [0.25, 0.3) is 0 Å². The maximum atomic E-state index is 13.1. The number of guanidine groups is 1. The smallest absolute Gasteiger partial charge is 0.191 e. The zero-order chi connectivity index (χ0) is 15.9. The number of halogens is 3. The lowest BCUT2D eigenvalue weighted by atomic mass is 9.93. The number of hydrogen-bond acceptors (Lipinski definition) is 2. The summed E-state index contributed by atoms with van der Waals surface area (Å²) in [5, 5.41) is 16.3. The van der Waals surface area contributed by atoms with Gasteiger partial charge in [0.2, 0.25) is 0 Å². The average Bonchev–Trinajstić information content (AvgIpc) is 2.50. The van der Waals surface area contributed by atoms with Gasteiger partial charge < -0.3 is 15.7 Å². The van der Waals surface area contributed by atoms with Gasteiger partial charge in [0.25, 0.3) is 0 Å². The molecular formula is C16H24ClFIN3O. The normalized spacial score (nSPS) is 21.5. The quantitative estimate of drug-likeness (QED) is 0.370. The van der Waals surface area contributed by atoms with Crippen molar-refractivity contribution >= 4 is 41.5 Å². The first-order valence-corrected chi connectivity index (χ1v) is 8.13. The van der Waals surface area contributed by atoms with Gasteiger partial charge in [-0.05, 0) is 50.3 Å². The van der Waals surface area contributed by atoms with Crippen molar-refractivity contribution in [1.82, 2.24) is 10.6 Å². The van der Waals surface area contributed by atoms with Crippen LogP contribution < -0.4 is 10.6 Å². The third-order valence-corrected chi connectivity index (χ3v) is 4.08. The molecule has 0 spiro atoms. The molecule has 2 rings (SSSR count). The molecule has 4 nitrogen and oxygen atoms in total. The molecule has 0 atom stereocenters. The van der Waals surface area contributed by atoms with E-state index >= 15 is 0 Å². The number of nitrogens with zero attached hydrogens (tertiary/aromatic N) is 1. The first kappa shape index (κ1) is 20.4. The van der Waals surface area contributed by atoms with Crippen LogP contribution in [-0.2, 0) is 6.54 Å². The molecule has 0 radical (unpaired) electrons. The Hall–Kier alpha value is -0.600. The Morgan fingerprint density at radius 1 is 1.35 bits per heavy atom. The minimum atomic E-state index is -0.416. The topological polar surface area (TPSA) is 56.7 Å². The van der Waals surface area contributed by atoms with Crippen molar-refractivity contribution in [3.05, 3.63) is 34.6 Å². The first-order chi connectivity index (χ1) is 10.6. The Morgan fingerprint density at radius 3 is 2.65 bits per heavy atom. The summed E-state index contributed by atoms with van der Waals surface area (Å²) in [6, 6.07) is 4.97. The lowest BCUT2D eigenvalue weighted by Crippen LogP contribution is -2.45. The Balaban J connectivity index is 0.00000264. The summed E-state index contributed by atoms with van der Waals surface area (Å²) in [6.07, 6.45) is 3.36. The standard InChI is InChI=1S/C16H23ClFN3O.HI/c1-2-19-16(21-12-4-6-13(22)7-5-12)20-10-11-3-8-15(18)14(17)9-11;/h3,8-9,12-13,22H,2,4-7,10H2,1H3,(H2,19,20,21);1H. The fourth-order valence-corrected chi connectivity index (χ4v) is 2.74. The van der Waals surface area contributed by atoms with E-state index in [-0.39, 0.29) is 35.1 Å². The van der Waals surface area contributed by atoms with Crippen LogP contribution in [0.3, 0.4) is 0 Å². The molecule has 0 aliphatic heterocycles. The van der Waals surface area contributed by atoms with Gasteiger partial charge in [-0.3, -0.25) is 0 Å². The lowest BCUT2D eigenvalue weighted by Gasteiger charge is -2.27. The minimum Gasteiger partial charge on any atom is -0.393 e. The van der Waals surface area contributed by atoms with Gasteiger partial charge in [0.15, 0.2) is 5.96 Å². The molecule has 0 heterocycles. The highest BCUT2D eigenvalue weighted by atomic mass is 127. The molecule has 1 aromatic carbocycles. The van der Waals surface area contributed by atoms with E-state index in [0.29, 0.717) is 12.6 Å². The SMILES string of the molecule is CCNC(=NCc1ccc(F)c(Cl)c1)NC1CCC(O)CC1.I. The van der Waals surface area contributed by atoms with E-state index in [2.05, 4.69) is 15.6 Å². The van der Waals surface area contributed by atoms with Gasteiger partial charge in [-0.15, -0.1) is 24.0 Å². The molecule has 0 amide bonds. The van der Waals surface area contributed by atoms with Gasteiger partial charge in [-0.2, -0.15) is 0 Å². The van der Waals surface area contributed by atoms with Crippen LogP contribution in [0.1, 0.15) is 38.2 Å². The van der Waals surface area contributed by atoms with Crippen LogP contribution in [0.15, 0.2) is 23.2 Å². The van der Waals surface area contributed by atoms with Gasteiger partial charge in [0, 0.05) is 12.6 Å². The average molecular weight is 456 g/mol. The summed E-state index contributed by atoms with van der Waals surface area (Å²) in [4.78, 5) is 4.52. The molecule has 0 aromatic heterocycles. The van der Waals surface area contributed by atoms with Crippen LogP contribution in [0.2, 0.25) is 5.02 Å². The predicted octanol–water partition coefficient (Wildman–Crippen LogP) is 3.46. The number of hydrogen-bond donors (Lipinski definition) is 3. The Bertz CT molecular complexity index is 522. The largest absolute Gasteiger partial charge is 0.393 e. The monoisotopic (exact) mass is 455 g/mol. The number of aliphatic hydroxyl groups is 1. The highest BCUT2D eigenvalue weighted by molar-refractivity contribution is 14.0. The maximum absolute atomic E-state index is 13.1. The summed E-state index contributed by atoms with van der Waals surface area (Å²) < 4.78 is 13.1. The van der Waals surface area contributed by atoms with Gasteiger partial charge in [-0.1, -0.05) is 17.7 Å². The van der Waals surface area contributed by atoms with E-state index in [4.69, 9.17) is 11.6 Å². The highest BCUT2D eigenvalue weighted by Gasteiger charge is 2.19. The number of nitrogens with one attached hydrogen (secondary N) is 2. The summed E-state index contributed by atoms with van der Waals surface area (Å²) >= 11 is 5.78. The third-order valence-electron chi connectivity index (χ3n) is 3.79. The van der Waals surface area contributed by atoms with Crippen LogP contribution in [-0.4, -0.2) is 29.8 Å². The Labute approximate surface area is 158 Å². The van der Waals surface area contributed by atoms with Crippen molar-refractivity contribution in [1.29, 1.82) is 0 Å².